The zero-order valence-electron chi connectivity index (χ0n) is 16.8. The lowest BCUT2D eigenvalue weighted by molar-refractivity contribution is 0.0640. The summed E-state index contributed by atoms with van der Waals surface area (Å²) in [4.78, 5) is 36.4. The molecule has 4 aromatic rings. The van der Waals surface area contributed by atoms with E-state index in [1.54, 1.807) is 24.3 Å². The van der Waals surface area contributed by atoms with E-state index in [2.05, 4.69) is 17.4 Å². The second-order valence-electron chi connectivity index (χ2n) is 7.44. The van der Waals surface area contributed by atoms with Gasteiger partial charge in [0.1, 0.15) is 0 Å². The third kappa shape index (κ3) is 3.69. The fourth-order valence-corrected chi connectivity index (χ4v) is 3.79. The summed E-state index contributed by atoms with van der Waals surface area (Å²) in [5.41, 5.74) is 4.90. The molecule has 2 amide bonds. The third-order valence-corrected chi connectivity index (χ3v) is 5.38. The molecular formula is C25H20N4O2. The lowest BCUT2D eigenvalue weighted by Crippen LogP contribution is -2.30. The maximum atomic E-state index is 12.8. The maximum Gasteiger partial charge on any atom is 0.261 e. The Bertz CT molecular complexity index is 1250. The Morgan fingerprint density at radius 2 is 1.19 bits per heavy atom. The number of nitrogens with zero attached hydrogens (tertiary/aromatic N) is 3. The topological polar surface area (TPSA) is 75.2 Å². The highest BCUT2D eigenvalue weighted by molar-refractivity contribution is 6.21. The van der Waals surface area contributed by atoms with Gasteiger partial charge in [0.25, 0.3) is 11.8 Å². The van der Waals surface area contributed by atoms with Crippen LogP contribution >= 0.6 is 0 Å². The number of para-hydroxylation sites is 2. The summed E-state index contributed by atoms with van der Waals surface area (Å²) in [6.07, 6.45) is 0. The van der Waals surface area contributed by atoms with Crippen LogP contribution in [0.25, 0.3) is 11.0 Å². The SMILES string of the molecule is O=C1c2ccccc2C(=O)N1Cc1nc2ccccc2nc1CNCc1ccccc1. The Morgan fingerprint density at radius 3 is 1.84 bits per heavy atom. The maximum absolute atomic E-state index is 12.8. The van der Waals surface area contributed by atoms with Crippen LogP contribution in [0.1, 0.15) is 37.7 Å². The Morgan fingerprint density at radius 1 is 0.645 bits per heavy atom. The Balaban J connectivity index is 1.44. The standard InChI is InChI=1S/C25H20N4O2/c30-24-18-10-4-5-11-19(18)25(31)29(24)16-23-22(15-26-14-17-8-2-1-3-9-17)27-20-12-6-7-13-21(20)28-23/h1-13,26H,14-16H2. The molecule has 1 aliphatic heterocycles. The molecule has 0 radical (unpaired) electrons. The number of carbonyl (C=O) groups is 2. The Hall–Kier alpha value is -3.90. The van der Waals surface area contributed by atoms with E-state index < -0.39 is 0 Å². The van der Waals surface area contributed by atoms with Crippen molar-refractivity contribution in [3.63, 3.8) is 0 Å². The first-order valence-corrected chi connectivity index (χ1v) is 10.1. The molecule has 1 aliphatic rings. The van der Waals surface area contributed by atoms with E-state index in [4.69, 9.17) is 9.97 Å². The first-order valence-electron chi connectivity index (χ1n) is 10.1. The molecule has 0 saturated heterocycles. The normalized spacial score (nSPS) is 13.1. The van der Waals surface area contributed by atoms with Crippen LogP contribution < -0.4 is 5.32 Å². The quantitative estimate of drug-likeness (QED) is 0.492. The monoisotopic (exact) mass is 408 g/mol. The van der Waals surface area contributed by atoms with Gasteiger partial charge in [0.15, 0.2) is 0 Å². The average Bonchev–Trinajstić information content (AvgIpc) is 3.05. The Kier molecular flexibility index (Phi) is 4.98. The molecule has 0 bridgehead atoms. The molecule has 0 aliphatic carbocycles. The molecule has 0 spiro atoms. The van der Waals surface area contributed by atoms with Crippen LogP contribution in [-0.4, -0.2) is 26.7 Å². The van der Waals surface area contributed by atoms with Crippen molar-refractivity contribution in [1.29, 1.82) is 0 Å². The molecule has 152 valence electrons. The molecule has 6 heteroatoms. The zero-order chi connectivity index (χ0) is 21.2. The summed E-state index contributed by atoms with van der Waals surface area (Å²) in [6.45, 7) is 1.25. The van der Waals surface area contributed by atoms with Crippen LogP contribution in [0.3, 0.4) is 0 Å². The predicted octanol–water partition coefficient (Wildman–Crippen LogP) is 3.72. The number of fused-ring (bicyclic) bond motifs is 2. The fourth-order valence-electron chi connectivity index (χ4n) is 3.79. The van der Waals surface area contributed by atoms with Gasteiger partial charge in [0.2, 0.25) is 0 Å². The van der Waals surface area contributed by atoms with Gasteiger partial charge in [-0.25, -0.2) is 9.97 Å². The fraction of sp³-hybridized carbons (Fsp3) is 0.120. The second kappa shape index (κ2) is 8.08. The van der Waals surface area contributed by atoms with Crippen molar-refractivity contribution in [3.8, 4) is 0 Å². The molecule has 1 N–H and O–H groups in total. The summed E-state index contributed by atoms with van der Waals surface area (Å²) < 4.78 is 0. The highest BCUT2D eigenvalue weighted by Gasteiger charge is 2.35. The van der Waals surface area contributed by atoms with Crippen molar-refractivity contribution in [3.05, 3.63) is 107 Å². The van der Waals surface area contributed by atoms with Crippen LogP contribution in [0.2, 0.25) is 0 Å². The smallest absolute Gasteiger partial charge is 0.261 e. The van der Waals surface area contributed by atoms with E-state index in [1.807, 2.05) is 42.5 Å². The summed E-state index contributed by atoms with van der Waals surface area (Å²) in [5.74, 6) is -0.586. The van der Waals surface area contributed by atoms with Gasteiger partial charge in [0, 0.05) is 13.1 Å². The highest BCUT2D eigenvalue weighted by Crippen LogP contribution is 2.25. The largest absolute Gasteiger partial charge is 0.307 e. The van der Waals surface area contributed by atoms with Crippen molar-refractivity contribution in [1.82, 2.24) is 20.2 Å². The predicted molar refractivity (Wildman–Crippen MR) is 117 cm³/mol. The van der Waals surface area contributed by atoms with Crippen molar-refractivity contribution >= 4 is 22.8 Å². The zero-order valence-corrected chi connectivity index (χ0v) is 16.8. The molecule has 31 heavy (non-hydrogen) atoms. The number of amides is 2. The van der Waals surface area contributed by atoms with E-state index in [0.717, 1.165) is 22.3 Å². The summed E-state index contributed by atoms with van der Waals surface area (Å²) in [7, 11) is 0. The molecule has 3 aromatic carbocycles. The number of imide groups is 1. The first kappa shape index (κ1) is 19.1. The van der Waals surface area contributed by atoms with Crippen LogP contribution in [-0.2, 0) is 19.6 Å². The van der Waals surface area contributed by atoms with E-state index in [1.165, 1.54) is 4.90 Å². The van der Waals surface area contributed by atoms with Gasteiger partial charge < -0.3 is 5.32 Å². The highest BCUT2D eigenvalue weighted by atomic mass is 16.2. The van der Waals surface area contributed by atoms with Crippen molar-refractivity contribution in [2.75, 3.05) is 0 Å². The van der Waals surface area contributed by atoms with E-state index >= 15 is 0 Å². The summed E-state index contributed by atoms with van der Waals surface area (Å²) in [5, 5.41) is 3.40. The lowest BCUT2D eigenvalue weighted by Gasteiger charge is -2.16. The minimum absolute atomic E-state index is 0.0898. The number of carbonyl (C=O) groups excluding carboxylic acids is 2. The number of aromatic nitrogens is 2. The minimum Gasteiger partial charge on any atom is -0.307 e. The second-order valence-corrected chi connectivity index (χ2v) is 7.44. The number of hydrogen-bond donors (Lipinski definition) is 1. The van der Waals surface area contributed by atoms with Gasteiger partial charge in [-0.3, -0.25) is 14.5 Å². The van der Waals surface area contributed by atoms with E-state index in [9.17, 15) is 9.59 Å². The molecular weight excluding hydrogens is 388 g/mol. The van der Waals surface area contributed by atoms with Gasteiger partial charge in [-0.2, -0.15) is 0 Å². The molecule has 0 unspecified atom stereocenters. The third-order valence-electron chi connectivity index (χ3n) is 5.38. The number of nitrogens with one attached hydrogen (secondary N) is 1. The molecule has 0 saturated carbocycles. The minimum atomic E-state index is -0.293. The summed E-state index contributed by atoms with van der Waals surface area (Å²) >= 11 is 0. The molecule has 5 rings (SSSR count). The van der Waals surface area contributed by atoms with Crippen LogP contribution in [0.5, 0.6) is 0 Å². The van der Waals surface area contributed by atoms with Gasteiger partial charge in [-0.15, -0.1) is 0 Å². The average molecular weight is 408 g/mol. The lowest BCUT2D eigenvalue weighted by atomic mass is 10.1. The number of rotatable bonds is 6. The molecule has 6 nitrogen and oxygen atoms in total. The van der Waals surface area contributed by atoms with Gasteiger partial charge in [-0.1, -0.05) is 54.6 Å². The van der Waals surface area contributed by atoms with Crippen LogP contribution in [0, 0.1) is 0 Å². The van der Waals surface area contributed by atoms with Gasteiger partial charge in [-0.05, 0) is 29.8 Å². The van der Waals surface area contributed by atoms with E-state index in [0.29, 0.717) is 29.9 Å². The van der Waals surface area contributed by atoms with Crippen LogP contribution in [0.15, 0.2) is 78.9 Å². The van der Waals surface area contributed by atoms with Crippen molar-refractivity contribution in [2.24, 2.45) is 0 Å². The van der Waals surface area contributed by atoms with Crippen molar-refractivity contribution in [2.45, 2.75) is 19.6 Å². The Labute approximate surface area is 179 Å². The first-order chi connectivity index (χ1) is 15.2. The van der Waals surface area contributed by atoms with Gasteiger partial charge in [0.05, 0.1) is 40.1 Å². The molecule has 0 fully saturated rings. The molecule has 2 heterocycles. The summed E-state index contributed by atoms with van der Waals surface area (Å²) in [6, 6.07) is 24.6. The molecule has 1 aromatic heterocycles. The van der Waals surface area contributed by atoms with Crippen molar-refractivity contribution < 1.29 is 9.59 Å². The molecule has 0 atom stereocenters. The van der Waals surface area contributed by atoms with E-state index in [-0.39, 0.29) is 18.4 Å². The number of benzene rings is 3. The number of hydrogen-bond acceptors (Lipinski definition) is 5. The van der Waals surface area contributed by atoms with Gasteiger partial charge >= 0.3 is 0 Å². The van der Waals surface area contributed by atoms with Crippen LogP contribution in [0.4, 0.5) is 0 Å².